The van der Waals surface area contributed by atoms with Gasteiger partial charge in [-0.3, -0.25) is 4.79 Å². The number of aromatic nitrogens is 1. The van der Waals surface area contributed by atoms with Gasteiger partial charge in [-0.2, -0.15) is 0 Å². The number of hydrogen-bond acceptors (Lipinski definition) is 4. The Balaban J connectivity index is 2.04. The Morgan fingerprint density at radius 2 is 1.95 bits per heavy atom. The minimum absolute atomic E-state index is 0.208. The van der Waals surface area contributed by atoms with Crippen LogP contribution in [0.3, 0.4) is 0 Å². The van der Waals surface area contributed by atoms with Crippen molar-refractivity contribution in [2.75, 3.05) is 6.61 Å². The predicted octanol–water partition coefficient (Wildman–Crippen LogP) is 2.58. The number of nitrogens with zero attached hydrogens (tertiary/aromatic N) is 1. The molecule has 0 amide bonds. The first kappa shape index (κ1) is 14.1. The molecule has 2 rings (SSSR count). The van der Waals surface area contributed by atoms with E-state index in [9.17, 15) is 9.59 Å². The molecule has 2 heterocycles. The van der Waals surface area contributed by atoms with Crippen molar-refractivity contribution >= 4 is 11.8 Å². The average molecular weight is 275 g/mol. The largest absolute Gasteiger partial charge is 0.469 e. The van der Waals surface area contributed by atoms with E-state index in [2.05, 4.69) is 0 Å². The number of furan rings is 1. The van der Waals surface area contributed by atoms with Crippen molar-refractivity contribution in [3.05, 3.63) is 46.7 Å². The summed E-state index contributed by atoms with van der Waals surface area (Å²) in [5.74, 6) is -0.273. The highest BCUT2D eigenvalue weighted by atomic mass is 16.5. The van der Waals surface area contributed by atoms with Crippen molar-refractivity contribution in [1.29, 1.82) is 0 Å². The van der Waals surface area contributed by atoms with Gasteiger partial charge >= 0.3 is 5.97 Å². The second-order valence-electron chi connectivity index (χ2n) is 4.73. The van der Waals surface area contributed by atoms with Crippen molar-refractivity contribution in [3.8, 4) is 0 Å². The van der Waals surface area contributed by atoms with Crippen LogP contribution in [0.4, 0.5) is 0 Å². The normalized spacial score (nSPS) is 10.6. The van der Waals surface area contributed by atoms with Gasteiger partial charge in [0, 0.05) is 24.0 Å². The second kappa shape index (κ2) is 5.36. The predicted molar refractivity (Wildman–Crippen MR) is 72.9 cm³/mol. The molecule has 0 atom stereocenters. The van der Waals surface area contributed by atoms with Crippen LogP contribution in [0.15, 0.2) is 22.8 Å². The fourth-order valence-corrected chi connectivity index (χ4v) is 2.02. The molecule has 0 spiro atoms. The Morgan fingerprint density at radius 3 is 2.45 bits per heavy atom. The summed E-state index contributed by atoms with van der Waals surface area (Å²) in [6.45, 7) is 5.18. The lowest BCUT2D eigenvalue weighted by Crippen LogP contribution is -2.15. The third kappa shape index (κ3) is 2.52. The van der Waals surface area contributed by atoms with Gasteiger partial charge in [0.2, 0.25) is 5.78 Å². The lowest BCUT2D eigenvalue weighted by atomic mass is 10.1. The van der Waals surface area contributed by atoms with Crippen molar-refractivity contribution in [2.24, 2.45) is 7.05 Å². The molecule has 0 radical (unpaired) electrons. The molecule has 5 nitrogen and oxygen atoms in total. The van der Waals surface area contributed by atoms with Gasteiger partial charge in [-0.1, -0.05) is 0 Å². The van der Waals surface area contributed by atoms with Crippen molar-refractivity contribution in [3.63, 3.8) is 0 Å². The summed E-state index contributed by atoms with van der Waals surface area (Å²) >= 11 is 0. The van der Waals surface area contributed by atoms with E-state index >= 15 is 0 Å². The summed E-state index contributed by atoms with van der Waals surface area (Å²) < 4.78 is 12.0. The van der Waals surface area contributed by atoms with Crippen LogP contribution in [0.2, 0.25) is 0 Å². The molecule has 0 fully saturated rings. The molecule has 20 heavy (non-hydrogen) atoms. The number of carbonyl (C=O) groups is 2. The zero-order valence-electron chi connectivity index (χ0n) is 12.0. The van der Waals surface area contributed by atoms with Gasteiger partial charge in [0.1, 0.15) is 11.3 Å². The Bertz CT molecular complexity index is 663. The summed E-state index contributed by atoms with van der Waals surface area (Å²) in [4.78, 5) is 23.9. The van der Waals surface area contributed by atoms with Gasteiger partial charge in [0.05, 0.1) is 6.26 Å². The number of ether oxygens (including phenoxy) is 1. The number of rotatable bonds is 4. The molecule has 0 aliphatic carbocycles. The third-order valence-corrected chi connectivity index (χ3v) is 3.49. The quantitative estimate of drug-likeness (QED) is 0.635. The van der Waals surface area contributed by atoms with Crippen LogP contribution in [0, 0.1) is 20.8 Å². The molecule has 0 aliphatic heterocycles. The van der Waals surface area contributed by atoms with Crippen LogP contribution in [0.25, 0.3) is 0 Å². The standard InChI is InChI=1S/C15H17NO4/c1-9-7-13(10(2)16(9)4)14(17)8-20-15(18)12-5-6-19-11(12)3/h5-7H,8H2,1-4H3. The topological polar surface area (TPSA) is 61.4 Å². The number of hydrogen-bond donors (Lipinski definition) is 0. The summed E-state index contributed by atoms with van der Waals surface area (Å²) in [7, 11) is 1.89. The number of ketones is 1. The van der Waals surface area contributed by atoms with Crippen molar-refractivity contribution < 1.29 is 18.7 Å². The third-order valence-electron chi connectivity index (χ3n) is 3.49. The van der Waals surface area contributed by atoms with E-state index in [1.807, 2.05) is 25.5 Å². The van der Waals surface area contributed by atoms with Crippen molar-refractivity contribution in [1.82, 2.24) is 4.57 Å². The van der Waals surface area contributed by atoms with Gasteiger partial charge in [0.15, 0.2) is 6.61 Å². The van der Waals surface area contributed by atoms with Crippen LogP contribution >= 0.6 is 0 Å². The highest BCUT2D eigenvalue weighted by molar-refractivity contribution is 6.00. The second-order valence-corrected chi connectivity index (χ2v) is 4.73. The molecule has 106 valence electrons. The number of carbonyl (C=O) groups excluding carboxylic acids is 2. The van der Waals surface area contributed by atoms with Crippen LogP contribution in [-0.4, -0.2) is 22.9 Å². The summed E-state index contributed by atoms with van der Waals surface area (Å²) in [5, 5.41) is 0. The monoisotopic (exact) mass is 275 g/mol. The molecule has 0 aliphatic rings. The molecular weight excluding hydrogens is 258 g/mol. The Morgan fingerprint density at radius 1 is 1.25 bits per heavy atom. The average Bonchev–Trinajstić information content (AvgIpc) is 2.95. The molecule has 5 heteroatoms. The number of aryl methyl sites for hydroxylation is 2. The first-order valence-electron chi connectivity index (χ1n) is 6.29. The van der Waals surface area contributed by atoms with E-state index in [0.717, 1.165) is 11.4 Å². The van der Waals surface area contributed by atoms with E-state index < -0.39 is 5.97 Å². The van der Waals surface area contributed by atoms with Gasteiger partial charge < -0.3 is 13.7 Å². The van der Waals surface area contributed by atoms with Crippen LogP contribution < -0.4 is 0 Å². The van der Waals surface area contributed by atoms with E-state index in [1.54, 1.807) is 13.0 Å². The van der Waals surface area contributed by atoms with E-state index in [1.165, 1.54) is 12.3 Å². The molecule has 0 bridgehead atoms. The minimum atomic E-state index is -0.546. The minimum Gasteiger partial charge on any atom is -0.469 e. The van der Waals surface area contributed by atoms with E-state index in [-0.39, 0.29) is 12.4 Å². The van der Waals surface area contributed by atoms with Gasteiger partial charge in [-0.25, -0.2) is 4.79 Å². The van der Waals surface area contributed by atoms with Gasteiger partial charge in [-0.05, 0) is 32.9 Å². The summed E-state index contributed by atoms with van der Waals surface area (Å²) in [6.07, 6.45) is 1.42. The number of Topliss-reactive ketones (excluding diaryl/α,β-unsaturated/α-hetero) is 1. The fourth-order valence-electron chi connectivity index (χ4n) is 2.02. The lowest BCUT2D eigenvalue weighted by molar-refractivity contribution is 0.0472. The first-order chi connectivity index (χ1) is 9.41. The number of esters is 1. The molecule has 0 aromatic carbocycles. The Labute approximate surface area is 117 Å². The van der Waals surface area contributed by atoms with Crippen LogP contribution in [-0.2, 0) is 11.8 Å². The fraction of sp³-hybridized carbons (Fsp3) is 0.333. The van der Waals surface area contributed by atoms with E-state index in [4.69, 9.17) is 9.15 Å². The lowest BCUT2D eigenvalue weighted by Gasteiger charge is -2.04. The molecule has 0 saturated heterocycles. The molecule has 2 aromatic heterocycles. The van der Waals surface area contributed by atoms with Gasteiger partial charge in [0.25, 0.3) is 0 Å². The summed E-state index contributed by atoms with van der Waals surface area (Å²) in [6, 6.07) is 3.33. The maximum atomic E-state index is 12.1. The zero-order chi connectivity index (χ0) is 14.9. The molecule has 0 N–H and O–H groups in total. The molecular formula is C15H17NO4. The van der Waals surface area contributed by atoms with Crippen LogP contribution in [0.1, 0.15) is 37.9 Å². The maximum absolute atomic E-state index is 12.1. The zero-order valence-corrected chi connectivity index (χ0v) is 12.0. The molecule has 2 aromatic rings. The Kier molecular flexibility index (Phi) is 3.79. The smallest absolute Gasteiger partial charge is 0.342 e. The molecule has 0 saturated carbocycles. The maximum Gasteiger partial charge on any atom is 0.342 e. The van der Waals surface area contributed by atoms with E-state index in [0.29, 0.717) is 16.9 Å². The SMILES string of the molecule is Cc1occc1C(=O)OCC(=O)c1cc(C)n(C)c1C. The first-order valence-corrected chi connectivity index (χ1v) is 6.29. The highest BCUT2D eigenvalue weighted by Crippen LogP contribution is 2.15. The van der Waals surface area contributed by atoms with Crippen LogP contribution in [0.5, 0.6) is 0 Å². The Hall–Kier alpha value is -2.30. The van der Waals surface area contributed by atoms with Crippen molar-refractivity contribution in [2.45, 2.75) is 20.8 Å². The summed E-state index contributed by atoms with van der Waals surface area (Å²) in [5.41, 5.74) is 2.78. The highest BCUT2D eigenvalue weighted by Gasteiger charge is 2.18. The van der Waals surface area contributed by atoms with Gasteiger partial charge in [-0.15, -0.1) is 0 Å². The molecule has 0 unspecified atom stereocenters.